The van der Waals surface area contributed by atoms with Crippen molar-refractivity contribution in [3.05, 3.63) is 64.9 Å². The zero-order valence-corrected chi connectivity index (χ0v) is 15.6. The van der Waals surface area contributed by atoms with E-state index >= 15 is 0 Å². The van der Waals surface area contributed by atoms with Gasteiger partial charge in [-0.25, -0.2) is 0 Å². The number of halogens is 2. The Hall–Kier alpha value is -0.560. The average molecular weight is 451 g/mol. The van der Waals surface area contributed by atoms with Gasteiger partial charge in [-0.05, 0) is 0 Å². The van der Waals surface area contributed by atoms with Crippen LogP contribution in [0.3, 0.4) is 0 Å². The van der Waals surface area contributed by atoms with E-state index in [1.54, 1.807) is 0 Å². The Kier molecular flexibility index (Phi) is 4.59. The molecule has 0 saturated carbocycles. The van der Waals surface area contributed by atoms with Gasteiger partial charge in [-0.1, -0.05) is 0 Å². The molecule has 2 aromatic carbocycles. The Morgan fingerprint density at radius 3 is 2.52 bits per heavy atom. The summed E-state index contributed by atoms with van der Waals surface area (Å²) in [7, 11) is 13.4. The Morgan fingerprint density at radius 2 is 1.76 bits per heavy atom. The number of fused-ring (bicyclic) bond motifs is 1. The van der Waals surface area contributed by atoms with Crippen molar-refractivity contribution in [3.8, 4) is 0 Å². The van der Waals surface area contributed by atoms with Crippen LogP contribution in [-0.4, -0.2) is 21.7 Å². The SMILES string of the molecule is O=C(C[Te](Cl)(Cl)c1cccc2ccccc12)c1cccs1. The van der Waals surface area contributed by atoms with Gasteiger partial charge in [0.1, 0.15) is 0 Å². The van der Waals surface area contributed by atoms with Crippen molar-refractivity contribution in [2.75, 3.05) is 0 Å². The monoisotopic (exact) mass is 452 g/mol. The molecule has 5 heteroatoms. The Bertz CT molecular complexity index is 779. The first-order chi connectivity index (χ1) is 10.1. The van der Waals surface area contributed by atoms with Crippen LogP contribution in [0.4, 0.5) is 0 Å². The third kappa shape index (κ3) is 3.28. The van der Waals surface area contributed by atoms with Crippen molar-refractivity contribution in [3.63, 3.8) is 0 Å². The fraction of sp³-hybridized carbons (Fsp3) is 0.0625. The molecule has 0 N–H and O–H groups in total. The van der Waals surface area contributed by atoms with Gasteiger partial charge in [-0.2, -0.15) is 0 Å². The number of rotatable bonds is 4. The molecule has 0 fully saturated rings. The summed E-state index contributed by atoms with van der Waals surface area (Å²) < 4.78 is 1.21. The number of carbonyl (C=O) groups excluding carboxylic acids is 1. The van der Waals surface area contributed by atoms with E-state index in [9.17, 15) is 4.79 Å². The van der Waals surface area contributed by atoms with Crippen LogP contribution in [0.15, 0.2) is 60.0 Å². The van der Waals surface area contributed by atoms with Crippen LogP contribution in [0.5, 0.6) is 0 Å². The third-order valence-corrected chi connectivity index (χ3v) is 12.4. The molecule has 0 aliphatic carbocycles. The van der Waals surface area contributed by atoms with Crippen molar-refractivity contribution in [1.29, 1.82) is 0 Å². The number of thiophene rings is 1. The molecule has 0 bridgehead atoms. The Balaban J connectivity index is 1.98. The first-order valence-corrected chi connectivity index (χ1v) is 15.9. The molecule has 0 spiro atoms. The normalized spacial score (nSPS) is 12.5. The number of carbonyl (C=O) groups is 1. The van der Waals surface area contributed by atoms with Gasteiger partial charge >= 0.3 is 139 Å². The molecule has 3 aromatic rings. The summed E-state index contributed by atoms with van der Waals surface area (Å²) in [6, 6.07) is 17.7. The van der Waals surface area contributed by atoms with E-state index in [0.29, 0.717) is 0 Å². The summed E-state index contributed by atoms with van der Waals surface area (Å²) in [5.41, 5.74) is 0. The maximum atomic E-state index is 12.3. The van der Waals surface area contributed by atoms with E-state index in [4.69, 9.17) is 17.9 Å². The molecule has 0 aliphatic heterocycles. The Morgan fingerprint density at radius 1 is 1.00 bits per heavy atom. The first kappa shape index (κ1) is 15.3. The second-order valence-corrected chi connectivity index (χ2v) is 19.0. The molecular formula is C16H12Cl2OSTe. The summed E-state index contributed by atoms with van der Waals surface area (Å²) in [6.45, 7) is 0. The molecule has 3 rings (SSSR count). The second kappa shape index (κ2) is 6.28. The summed E-state index contributed by atoms with van der Waals surface area (Å²) in [4.78, 5) is 13.0. The predicted molar refractivity (Wildman–Crippen MR) is 94.5 cm³/mol. The van der Waals surface area contributed by atoms with Crippen LogP contribution >= 0.6 is 29.3 Å². The number of Topliss-reactive ketones (excluding diaryl/α,β-unsaturated/α-hetero) is 1. The fourth-order valence-electron chi connectivity index (χ4n) is 2.21. The number of hydrogen-bond acceptors (Lipinski definition) is 2. The summed E-state index contributed by atoms with van der Waals surface area (Å²) in [6.07, 6.45) is 0. The molecule has 1 aromatic heterocycles. The van der Waals surface area contributed by atoms with Crippen molar-refractivity contribution >= 4 is 65.4 Å². The van der Waals surface area contributed by atoms with Crippen LogP contribution in [0.2, 0.25) is 4.47 Å². The molecule has 108 valence electrons. The zero-order chi connectivity index (χ0) is 14.9. The summed E-state index contributed by atoms with van der Waals surface area (Å²) in [5, 5.41) is 4.06. The van der Waals surface area contributed by atoms with Crippen molar-refractivity contribution in [2.24, 2.45) is 0 Å². The maximum absolute atomic E-state index is 12.3. The topological polar surface area (TPSA) is 17.1 Å². The van der Waals surface area contributed by atoms with Crippen LogP contribution in [-0.2, 0) is 0 Å². The van der Waals surface area contributed by atoms with E-state index < -0.39 is 15.9 Å². The minimum atomic E-state index is -3.46. The quantitative estimate of drug-likeness (QED) is 0.408. The van der Waals surface area contributed by atoms with Crippen molar-refractivity contribution < 1.29 is 4.79 Å². The Labute approximate surface area is 138 Å². The van der Waals surface area contributed by atoms with Gasteiger partial charge in [0.25, 0.3) is 0 Å². The van der Waals surface area contributed by atoms with Gasteiger partial charge in [-0.15, -0.1) is 0 Å². The summed E-state index contributed by atoms with van der Waals surface area (Å²) in [5.74, 6) is 0.0455. The van der Waals surface area contributed by atoms with Gasteiger partial charge in [0.05, 0.1) is 0 Å². The number of benzene rings is 2. The van der Waals surface area contributed by atoms with E-state index in [-0.39, 0.29) is 10.3 Å². The fourth-order valence-corrected chi connectivity index (χ4v) is 10.4. The van der Waals surface area contributed by atoms with Gasteiger partial charge in [0.15, 0.2) is 0 Å². The molecule has 0 unspecified atom stereocenters. The van der Waals surface area contributed by atoms with Crippen molar-refractivity contribution in [1.82, 2.24) is 0 Å². The molecule has 0 saturated heterocycles. The number of hydrogen-bond donors (Lipinski definition) is 0. The molecule has 0 atom stereocenters. The van der Waals surface area contributed by atoms with E-state index in [1.165, 1.54) is 11.3 Å². The molecule has 0 amide bonds. The van der Waals surface area contributed by atoms with Crippen molar-refractivity contribution in [2.45, 2.75) is 4.47 Å². The average Bonchev–Trinajstić information content (AvgIpc) is 3.00. The minimum absolute atomic E-state index is 0.0455. The van der Waals surface area contributed by atoms with E-state index in [0.717, 1.165) is 19.3 Å². The number of ketones is 1. The second-order valence-electron chi connectivity index (χ2n) is 4.60. The molecule has 21 heavy (non-hydrogen) atoms. The molecular weight excluding hydrogens is 439 g/mol. The van der Waals surface area contributed by atoms with Gasteiger partial charge in [0.2, 0.25) is 0 Å². The van der Waals surface area contributed by atoms with Gasteiger partial charge < -0.3 is 0 Å². The molecule has 0 radical (unpaired) electrons. The van der Waals surface area contributed by atoms with Gasteiger partial charge in [-0.3, -0.25) is 0 Å². The van der Waals surface area contributed by atoms with Crippen LogP contribution in [0.1, 0.15) is 9.67 Å². The zero-order valence-electron chi connectivity index (χ0n) is 11.0. The van der Waals surface area contributed by atoms with Gasteiger partial charge in [0, 0.05) is 0 Å². The van der Waals surface area contributed by atoms with E-state index in [2.05, 4.69) is 0 Å². The standard InChI is InChI=1S/C16H12Cl2OSTe/c17-21(18,11-14(19)15-8-4-10-20-15)16-9-3-6-12-5-1-2-7-13(12)16/h1-10H,11H2. The van der Waals surface area contributed by atoms with Crippen LogP contribution in [0.25, 0.3) is 10.8 Å². The van der Waals surface area contributed by atoms with Crippen LogP contribution < -0.4 is 3.61 Å². The predicted octanol–water partition coefficient (Wildman–Crippen LogP) is 4.91. The molecule has 1 nitrogen and oxygen atoms in total. The molecule has 0 aliphatic rings. The summed E-state index contributed by atoms with van der Waals surface area (Å²) >= 11 is -2.03. The van der Waals surface area contributed by atoms with Crippen LogP contribution in [0, 0.1) is 0 Å². The third-order valence-electron chi connectivity index (χ3n) is 3.18. The first-order valence-electron chi connectivity index (χ1n) is 6.33. The molecule has 1 heterocycles. The van der Waals surface area contributed by atoms with E-state index in [1.807, 2.05) is 60.0 Å².